The molecule has 0 saturated heterocycles. The number of carbonyl (C=O) groups excluding carboxylic acids is 1. The minimum atomic E-state index is 0.421. The Morgan fingerprint density at radius 1 is 1.77 bits per heavy atom. The van der Waals surface area contributed by atoms with Crippen molar-refractivity contribution in [3.05, 3.63) is 17.3 Å². The van der Waals surface area contributed by atoms with Gasteiger partial charge in [0.1, 0.15) is 0 Å². The maximum atomic E-state index is 10.7. The van der Waals surface area contributed by atoms with Gasteiger partial charge < -0.3 is 4.74 Å². The highest BCUT2D eigenvalue weighted by Gasteiger charge is 2.12. The zero-order chi connectivity index (χ0) is 9.26. The molecule has 0 fully saturated rings. The fraction of sp³-hybridized carbons (Fsp3) is 0.250. The molecule has 0 radical (unpaired) electrons. The molecule has 0 aliphatic heterocycles. The Labute approximate surface area is 78.8 Å². The molecule has 68 valence electrons. The summed E-state index contributed by atoms with van der Waals surface area (Å²) in [7, 11) is 0. The lowest BCUT2D eigenvalue weighted by Gasteiger charge is -1.96. The minimum Gasteiger partial charge on any atom is -0.476 e. The van der Waals surface area contributed by atoms with Gasteiger partial charge in [0.2, 0.25) is 5.88 Å². The lowest BCUT2D eigenvalue weighted by atomic mass is 10.5. The zero-order valence-electron chi connectivity index (χ0n) is 7.06. The van der Waals surface area contributed by atoms with Crippen LogP contribution in [0.2, 0.25) is 0 Å². The summed E-state index contributed by atoms with van der Waals surface area (Å²) >= 11 is 1.48. The van der Waals surface area contributed by atoms with Crippen molar-refractivity contribution in [3.8, 4) is 5.88 Å². The molecule has 0 N–H and O–H groups in total. The Hall–Kier alpha value is -1.36. The van der Waals surface area contributed by atoms with E-state index in [9.17, 15) is 4.79 Å². The van der Waals surface area contributed by atoms with Crippen molar-refractivity contribution in [1.29, 1.82) is 0 Å². The van der Waals surface area contributed by atoms with E-state index in [0.29, 0.717) is 18.2 Å². The standard InChI is InChI=1S/C8H8N2O2S/c1-2-12-7-6(5-11)10-3-4-13-8(10)9-7/h3-5H,2H2,1H3. The van der Waals surface area contributed by atoms with Crippen LogP contribution in [-0.4, -0.2) is 22.3 Å². The smallest absolute Gasteiger partial charge is 0.244 e. The molecule has 2 rings (SSSR count). The summed E-state index contributed by atoms with van der Waals surface area (Å²) in [6.45, 7) is 2.38. The molecule has 0 bridgehead atoms. The number of thiazole rings is 1. The van der Waals surface area contributed by atoms with Gasteiger partial charge in [0, 0.05) is 11.6 Å². The molecule has 2 aromatic heterocycles. The maximum Gasteiger partial charge on any atom is 0.244 e. The van der Waals surface area contributed by atoms with Gasteiger partial charge in [-0.2, -0.15) is 4.98 Å². The van der Waals surface area contributed by atoms with Gasteiger partial charge in [-0.3, -0.25) is 9.20 Å². The van der Waals surface area contributed by atoms with E-state index in [4.69, 9.17) is 4.74 Å². The Bertz CT molecular complexity index is 432. The van der Waals surface area contributed by atoms with Crippen LogP contribution in [0.3, 0.4) is 0 Å². The van der Waals surface area contributed by atoms with Crippen molar-refractivity contribution in [2.75, 3.05) is 6.61 Å². The van der Waals surface area contributed by atoms with Gasteiger partial charge in [0.25, 0.3) is 0 Å². The topological polar surface area (TPSA) is 43.6 Å². The van der Waals surface area contributed by atoms with E-state index in [-0.39, 0.29) is 0 Å². The van der Waals surface area contributed by atoms with E-state index < -0.39 is 0 Å². The number of hydrogen-bond acceptors (Lipinski definition) is 4. The van der Waals surface area contributed by atoms with Gasteiger partial charge in [0.05, 0.1) is 6.61 Å². The highest BCUT2D eigenvalue weighted by Crippen LogP contribution is 2.21. The van der Waals surface area contributed by atoms with E-state index in [1.54, 1.807) is 10.6 Å². The van der Waals surface area contributed by atoms with E-state index in [0.717, 1.165) is 11.2 Å². The van der Waals surface area contributed by atoms with Gasteiger partial charge in [-0.15, -0.1) is 11.3 Å². The van der Waals surface area contributed by atoms with Gasteiger partial charge in [-0.25, -0.2) is 0 Å². The Kier molecular flexibility index (Phi) is 2.02. The third-order valence-electron chi connectivity index (χ3n) is 1.66. The molecule has 0 amide bonds. The second-order valence-corrected chi connectivity index (χ2v) is 3.28. The summed E-state index contributed by atoms with van der Waals surface area (Å²) in [6.07, 6.45) is 2.57. The SMILES string of the molecule is CCOc1nc2sccn2c1C=O. The van der Waals surface area contributed by atoms with Crippen LogP contribution in [0.1, 0.15) is 17.4 Å². The summed E-state index contributed by atoms with van der Waals surface area (Å²) in [5.41, 5.74) is 0.484. The molecule has 2 aromatic rings. The average molecular weight is 196 g/mol. The second-order valence-electron chi connectivity index (χ2n) is 2.41. The van der Waals surface area contributed by atoms with Crippen molar-refractivity contribution in [2.45, 2.75) is 6.92 Å². The molecule has 0 atom stereocenters. The van der Waals surface area contributed by atoms with E-state index in [1.807, 2.05) is 12.3 Å². The number of aldehydes is 1. The van der Waals surface area contributed by atoms with Crippen molar-refractivity contribution in [1.82, 2.24) is 9.38 Å². The molecule has 13 heavy (non-hydrogen) atoms. The molecule has 4 nitrogen and oxygen atoms in total. The molecule has 5 heteroatoms. The Morgan fingerprint density at radius 2 is 2.62 bits per heavy atom. The van der Waals surface area contributed by atoms with Gasteiger partial charge in [-0.05, 0) is 6.92 Å². The fourth-order valence-corrected chi connectivity index (χ4v) is 1.85. The number of aromatic nitrogens is 2. The van der Waals surface area contributed by atoms with Crippen molar-refractivity contribution in [3.63, 3.8) is 0 Å². The molecule has 0 spiro atoms. The molecule has 0 aliphatic rings. The summed E-state index contributed by atoms with van der Waals surface area (Å²) in [4.78, 5) is 15.7. The highest BCUT2D eigenvalue weighted by molar-refractivity contribution is 7.15. The van der Waals surface area contributed by atoms with Gasteiger partial charge >= 0.3 is 0 Å². The Balaban J connectivity index is 2.60. The third kappa shape index (κ3) is 1.21. The van der Waals surface area contributed by atoms with Crippen LogP contribution in [0.4, 0.5) is 0 Å². The second kappa shape index (κ2) is 3.18. The number of rotatable bonds is 3. The van der Waals surface area contributed by atoms with Crippen LogP contribution in [0.15, 0.2) is 11.6 Å². The maximum absolute atomic E-state index is 10.7. The van der Waals surface area contributed by atoms with Crippen LogP contribution >= 0.6 is 11.3 Å². The molecule has 0 aromatic carbocycles. The predicted octanol–water partition coefficient (Wildman–Crippen LogP) is 1.61. The summed E-state index contributed by atoms with van der Waals surface area (Å²) in [6, 6.07) is 0. The number of hydrogen-bond donors (Lipinski definition) is 0. The molecular weight excluding hydrogens is 188 g/mol. The van der Waals surface area contributed by atoms with Gasteiger partial charge in [-0.1, -0.05) is 0 Å². The van der Waals surface area contributed by atoms with Crippen molar-refractivity contribution >= 4 is 22.6 Å². The van der Waals surface area contributed by atoms with Crippen LogP contribution in [-0.2, 0) is 0 Å². The first-order valence-corrected chi connectivity index (χ1v) is 4.78. The summed E-state index contributed by atoms with van der Waals surface area (Å²) < 4.78 is 6.94. The van der Waals surface area contributed by atoms with Gasteiger partial charge in [0.15, 0.2) is 16.9 Å². The van der Waals surface area contributed by atoms with Crippen LogP contribution in [0.25, 0.3) is 4.96 Å². The lowest BCUT2D eigenvalue weighted by Crippen LogP contribution is -1.96. The van der Waals surface area contributed by atoms with Crippen LogP contribution < -0.4 is 4.74 Å². The van der Waals surface area contributed by atoms with E-state index in [2.05, 4.69) is 4.98 Å². The van der Waals surface area contributed by atoms with Crippen LogP contribution in [0, 0.1) is 0 Å². The normalized spacial score (nSPS) is 10.5. The number of carbonyl (C=O) groups is 1. The highest BCUT2D eigenvalue weighted by atomic mass is 32.1. The fourth-order valence-electron chi connectivity index (χ4n) is 1.13. The quantitative estimate of drug-likeness (QED) is 0.700. The first-order valence-electron chi connectivity index (χ1n) is 3.90. The third-order valence-corrected chi connectivity index (χ3v) is 2.41. The van der Waals surface area contributed by atoms with Crippen molar-refractivity contribution < 1.29 is 9.53 Å². The van der Waals surface area contributed by atoms with E-state index in [1.165, 1.54) is 11.3 Å². The number of imidazole rings is 1. The zero-order valence-corrected chi connectivity index (χ0v) is 7.87. The van der Waals surface area contributed by atoms with E-state index >= 15 is 0 Å². The minimum absolute atomic E-state index is 0.421. The predicted molar refractivity (Wildman–Crippen MR) is 49.6 cm³/mol. The molecule has 2 heterocycles. The monoisotopic (exact) mass is 196 g/mol. The molecule has 0 saturated carbocycles. The average Bonchev–Trinajstić information content (AvgIpc) is 2.64. The first kappa shape index (κ1) is 8.25. The largest absolute Gasteiger partial charge is 0.476 e. The molecule has 0 aliphatic carbocycles. The number of nitrogens with zero attached hydrogens (tertiary/aromatic N) is 2. The summed E-state index contributed by atoms with van der Waals surface area (Å²) in [5, 5.41) is 1.88. The lowest BCUT2D eigenvalue weighted by molar-refractivity contribution is 0.111. The molecule has 0 unspecified atom stereocenters. The number of fused-ring (bicyclic) bond motifs is 1. The Morgan fingerprint density at radius 3 is 3.31 bits per heavy atom. The van der Waals surface area contributed by atoms with Crippen molar-refractivity contribution in [2.24, 2.45) is 0 Å². The summed E-state index contributed by atoms with van der Waals surface area (Å²) in [5.74, 6) is 0.421. The van der Waals surface area contributed by atoms with Crippen LogP contribution in [0.5, 0.6) is 5.88 Å². The first-order chi connectivity index (χ1) is 6.36. The molecular formula is C8H8N2O2S. The number of ether oxygens (including phenoxy) is 1.